The molecule has 5 rings (SSSR count). The van der Waals surface area contributed by atoms with Gasteiger partial charge in [-0.3, -0.25) is 4.90 Å². The summed E-state index contributed by atoms with van der Waals surface area (Å²) >= 11 is 0. The van der Waals surface area contributed by atoms with Crippen LogP contribution in [0.5, 0.6) is 0 Å². The fourth-order valence-electron chi connectivity index (χ4n) is 6.14. The van der Waals surface area contributed by atoms with Gasteiger partial charge in [-0.1, -0.05) is 37.3 Å². The molecule has 3 N–H and O–H groups in total. The van der Waals surface area contributed by atoms with Crippen molar-refractivity contribution in [1.29, 1.82) is 0 Å². The molecule has 2 fully saturated rings. The van der Waals surface area contributed by atoms with E-state index in [1.807, 2.05) is 12.1 Å². The molecule has 1 saturated heterocycles. The number of benzene rings is 2. The summed E-state index contributed by atoms with van der Waals surface area (Å²) in [6, 6.07) is 13.6. The standard InChI is InChI=1S/C23H27FN2O/c1-2-23(17-7-8-20(24)21(25)9-17)18-12-26(13-19(18)23)14-22(27)10-15-5-3-4-6-16(15)11-22/h3-9,18-19,27H,2,10-14,25H2,1H3. The summed E-state index contributed by atoms with van der Waals surface area (Å²) in [6.07, 6.45) is 2.56. The highest BCUT2D eigenvalue weighted by molar-refractivity contribution is 5.49. The van der Waals surface area contributed by atoms with Gasteiger partial charge in [-0.2, -0.15) is 0 Å². The lowest BCUT2D eigenvalue weighted by molar-refractivity contribution is 0.0139. The van der Waals surface area contributed by atoms with E-state index >= 15 is 0 Å². The first kappa shape index (κ1) is 17.2. The molecule has 1 aliphatic heterocycles. The van der Waals surface area contributed by atoms with Gasteiger partial charge in [0.2, 0.25) is 0 Å². The second kappa shape index (κ2) is 5.79. The van der Waals surface area contributed by atoms with E-state index in [4.69, 9.17) is 5.73 Å². The van der Waals surface area contributed by atoms with E-state index in [0.29, 0.717) is 11.8 Å². The largest absolute Gasteiger partial charge is 0.396 e. The minimum atomic E-state index is -0.643. The Morgan fingerprint density at radius 3 is 2.30 bits per heavy atom. The number of β-amino-alcohol motifs (C(OH)–C–C–N with tert-alkyl or cyclic N) is 1. The molecule has 3 aliphatic rings. The zero-order valence-electron chi connectivity index (χ0n) is 15.8. The molecule has 142 valence electrons. The summed E-state index contributed by atoms with van der Waals surface area (Å²) < 4.78 is 13.6. The van der Waals surface area contributed by atoms with E-state index < -0.39 is 5.60 Å². The van der Waals surface area contributed by atoms with Crippen molar-refractivity contribution in [3.63, 3.8) is 0 Å². The minimum absolute atomic E-state index is 0.138. The third-order valence-electron chi connectivity index (χ3n) is 7.40. The van der Waals surface area contributed by atoms with Crippen LogP contribution in [0.4, 0.5) is 10.1 Å². The fraction of sp³-hybridized carbons (Fsp3) is 0.478. The molecule has 0 amide bonds. The topological polar surface area (TPSA) is 49.5 Å². The Balaban J connectivity index is 1.29. The molecular weight excluding hydrogens is 339 g/mol. The zero-order chi connectivity index (χ0) is 18.8. The van der Waals surface area contributed by atoms with Crippen molar-refractivity contribution in [2.45, 2.75) is 37.2 Å². The van der Waals surface area contributed by atoms with Crippen LogP contribution in [0.3, 0.4) is 0 Å². The lowest BCUT2D eigenvalue weighted by atomic mass is 9.87. The molecule has 0 spiro atoms. The molecule has 2 atom stereocenters. The zero-order valence-corrected chi connectivity index (χ0v) is 15.8. The van der Waals surface area contributed by atoms with Crippen molar-refractivity contribution in [3.8, 4) is 0 Å². The van der Waals surface area contributed by atoms with E-state index in [9.17, 15) is 9.50 Å². The quantitative estimate of drug-likeness (QED) is 0.818. The average Bonchev–Trinajstić information content (AvgIpc) is 2.93. The molecule has 0 aromatic heterocycles. The maximum Gasteiger partial charge on any atom is 0.146 e. The number of nitrogens with zero attached hydrogens (tertiary/aromatic N) is 1. The molecule has 2 unspecified atom stereocenters. The molecule has 3 nitrogen and oxygen atoms in total. The van der Waals surface area contributed by atoms with Crippen LogP contribution in [-0.2, 0) is 18.3 Å². The van der Waals surface area contributed by atoms with Crippen molar-refractivity contribution in [2.75, 3.05) is 25.4 Å². The number of hydrogen-bond donors (Lipinski definition) is 2. The van der Waals surface area contributed by atoms with E-state index in [0.717, 1.165) is 38.9 Å². The number of likely N-dealkylation sites (tertiary alicyclic amines) is 1. The Bertz CT molecular complexity index is 859. The Labute approximate surface area is 160 Å². The van der Waals surface area contributed by atoms with Gasteiger partial charge in [-0.25, -0.2) is 4.39 Å². The molecular formula is C23H27FN2O. The van der Waals surface area contributed by atoms with Gasteiger partial charge in [-0.15, -0.1) is 0 Å². The van der Waals surface area contributed by atoms with E-state index in [-0.39, 0.29) is 16.9 Å². The molecule has 1 heterocycles. The summed E-state index contributed by atoms with van der Waals surface area (Å²) in [5.74, 6) is 0.833. The van der Waals surface area contributed by atoms with Crippen LogP contribution in [-0.4, -0.2) is 35.2 Å². The summed E-state index contributed by atoms with van der Waals surface area (Å²) in [7, 11) is 0. The molecule has 2 aliphatic carbocycles. The van der Waals surface area contributed by atoms with Gasteiger partial charge >= 0.3 is 0 Å². The van der Waals surface area contributed by atoms with Crippen molar-refractivity contribution in [2.24, 2.45) is 11.8 Å². The number of hydrogen-bond acceptors (Lipinski definition) is 3. The number of rotatable bonds is 4. The summed E-state index contributed by atoms with van der Waals surface area (Å²) in [5.41, 5.74) is 9.33. The Morgan fingerprint density at radius 1 is 1.11 bits per heavy atom. The minimum Gasteiger partial charge on any atom is -0.396 e. The SMILES string of the molecule is CCC1(c2ccc(F)c(N)c2)C2CN(CC3(O)Cc4ccccc4C3)CC21. The van der Waals surface area contributed by atoms with E-state index in [2.05, 4.69) is 36.1 Å². The van der Waals surface area contributed by atoms with Crippen molar-refractivity contribution >= 4 is 5.69 Å². The Kier molecular flexibility index (Phi) is 3.69. The second-order valence-electron chi connectivity index (χ2n) is 8.88. The summed E-state index contributed by atoms with van der Waals surface area (Å²) in [4.78, 5) is 2.43. The number of aliphatic hydroxyl groups is 1. The Morgan fingerprint density at radius 2 is 1.74 bits per heavy atom. The summed E-state index contributed by atoms with van der Waals surface area (Å²) in [5, 5.41) is 11.1. The molecule has 0 radical (unpaired) electrons. The first-order chi connectivity index (χ1) is 12.9. The molecule has 4 heteroatoms. The summed E-state index contributed by atoms with van der Waals surface area (Å²) in [6.45, 7) is 4.98. The molecule has 2 aromatic carbocycles. The lowest BCUT2D eigenvalue weighted by Crippen LogP contribution is -2.45. The normalized spacial score (nSPS) is 30.9. The van der Waals surface area contributed by atoms with Crippen LogP contribution in [0.15, 0.2) is 42.5 Å². The molecule has 1 saturated carbocycles. The monoisotopic (exact) mass is 366 g/mol. The third-order valence-corrected chi connectivity index (χ3v) is 7.40. The first-order valence-corrected chi connectivity index (χ1v) is 10.0. The van der Waals surface area contributed by atoms with Crippen molar-refractivity contribution < 1.29 is 9.50 Å². The average molecular weight is 366 g/mol. The van der Waals surface area contributed by atoms with Crippen molar-refractivity contribution in [3.05, 3.63) is 65.0 Å². The number of fused-ring (bicyclic) bond motifs is 2. The number of nitrogens with two attached hydrogens (primary N) is 1. The van der Waals surface area contributed by atoms with Crippen molar-refractivity contribution in [1.82, 2.24) is 4.90 Å². The third kappa shape index (κ3) is 2.54. The predicted molar refractivity (Wildman–Crippen MR) is 105 cm³/mol. The van der Waals surface area contributed by atoms with Gasteiger partial charge in [0.25, 0.3) is 0 Å². The van der Waals surface area contributed by atoms with Crippen LogP contribution in [0, 0.1) is 17.7 Å². The number of halogens is 1. The maximum atomic E-state index is 13.6. The van der Waals surface area contributed by atoms with Crippen LogP contribution in [0.25, 0.3) is 0 Å². The lowest BCUT2D eigenvalue weighted by Gasteiger charge is -2.32. The van der Waals surface area contributed by atoms with Gasteiger partial charge in [0.15, 0.2) is 0 Å². The van der Waals surface area contributed by atoms with E-state index in [1.54, 1.807) is 0 Å². The van der Waals surface area contributed by atoms with E-state index in [1.165, 1.54) is 22.8 Å². The number of nitrogen functional groups attached to an aromatic ring is 1. The van der Waals surface area contributed by atoms with Gasteiger partial charge < -0.3 is 10.8 Å². The number of anilines is 1. The predicted octanol–water partition coefficient (Wildman–Crippen LogP) is 3.15. The molecule has 27 heavy (non-hydrogen) atoms. The molecule has 2 aromatic rings. The van der Waals surface area contributed by atoms with Gasteiger partial charge in [0.1, 0.15) is 5.82 Å². The highest BCUT2D eigenvalue weighted by atomic mass is 19.1. The Hall–Kier alpha value is -1.91. The van der Waals surface area contributed by atoms with Crippen LogP contribution in [0.2, 0.25) is 0 Å². The maximum absolute atomic E-state index is 13.6. The van der Waals surface area contributed by atoms with Crippen LogP contribution >= 0.6 is 0 Å². The van der Waals surface area contributed by atoms with Gasteiger partial charge in [0, 0.05) is 37.9 Å². The molecule has 0 bridgehead atoms. The smallest absolute Gasteiger partial charge is 0.146 e. The van der Waals surface area contributed by atoms with Gasteiger partial charge in [0.05, 0.1) is 11.3 Å². The van der Waals surface area contributed by atoms with Crippen LogP contribution in [0.1, 0.15) is 30.0 Å². The first-order valence-electron chi connectivity index (χ1n) is 10.0. The van der Waals surface area contributed by atoms with Crippen LogP contribution < -0.4 is 5.73 Å². The van der Waals surface area contributed by atoms with Gasteiger partial charge in [-0.05, 0) is 47.1 Å². The number of piperidine rings is 1. The highest BCUT2D eigenvalue weighted by Crippen LogP contribution is 2.65. The second-order valence-corrected chi connectivity index (χ2v) is 8.88. The fourth-order valence-corrected chi connectivity index (χ4v) is 6.14. The highest BCUT2D eigenvalue weighted by Gasteiger charge is 2.67.